The first-order chi connectivity index (χ1) is 11.1. The van der Waals surface area contributed by atoms with Crippen LogP contribution >= 0.6 is 12.4 Å². The van der Waals surface area contributed by atoms with Gasteiger partial charge in [-0.15, -0.1) is 12.4 Å². The van der Waals surface area contributed by atoms with E-state index in [1.165, 1.54) is 6.42 Å². The van der Waals surface area contributed by atoms with Gasteiger partial charge < -0.3 is 14.7 Å². The summed E-state index contributed by atoms with van der Waals surface area (Å²) in [6, 6.07) is 1.86. The number of piperidine rings is 1. The fourth-order valence-electron chi connectivity index (χ4n) is 3.96. The number of pyridine rings is 1. The highest BCUT2D eigenvalue weighted by Crippen LogP contribution is 2.37. The van der Waals surface area contributed by atoms with Gasteiger partial charge in [-0.25, -0.2) is 4.98 Å². The van der Waals surface area contributed by atoms with E-state index >= 15 is 0 Å². The van der Waals surface area contributed by atoms with Crippen LogP contribution < -0.4 is 5.32 Å². The molecule has 7 heteroatoms. The summed E-state index contributed by atoms with van der Waals surface area (Å²) in [4.78, 5) is 19.3. The Bertz CT molecular complexity index is 757. The van der Waals surface area contributed by atoms with Crippen molar-refractivity contribution in [3.8, 4) is 0 Å². The summed E-state index contributed by atoms with van der Waals surface area (Å²) in [6.45, 7) is 7.59. The van der Waals surface area contributed by atoms with Crippen molar-refractivity contribution in [2.45, 2.75) is 33.1 Å². The molecule has 0 unspecified atom stereocenters. The second kappa shape index (κ2) is 6.33. The average Bonchev–Trinajstić information content (AvgIpc) is 3.14. The number of hydrogen-bond donors (Lipinski definition) is 1. The number of hydrogen-bond acceptors (Lipinski definition) is 5. The lowest BCUT2D eigenvalue weighted by molar-refractivity contribution is 0.0609. The molecule has 1 amide bonds. The van der Waals surface area contributed by atoms with Crippen LogP contribution in [0.25, 0.3) is 11.1 Å². The molecule has 2 aromatic heterocycles. The fraction of sp³-hybridized carbons (Fsp3) is 0.588. The van der Waals surface area contributed by atoms with Gasteiger partial charge >= 0.3 is 0 Å². The van der Waals surface area contributed by atoms with E-state index in [9.17, 15) is 4.79 Å². The van der Waals surface area contributed by atoms with Crippen LogP contribution in [0.4, 0.5) is 0 Å². The Hall–Kier alpha value is -1.66. The quantitative estimate of drug-likeness (QED) is 0.855. The van der Waals surface area contributed by atoms with Crippen LogP contribution in [-0.4, -0.2) is 47.1 Å². The van der Waals surface area contributed by atoms with Crippen LogP contribution in [0.5, 0.6) is 0 Å². The number of carbonyl (C=O) groups excluding carboxylic acids is 1. The molecule has 4 rings (SSSR count). The van der Waals surface area contributed by atoms with E-state index in [4.69, 9.17) is 4.52 Å². The number of aromatic nitrogens is 2. The number of fused-ring (bicyclic) bond motifs is 1. The summed E-state index contributed by atoms with van der Waals surface area (Å²) in [5.74, 6) is 0.0765. The SMILES string of the molecule is Cc1cc(C(=O)N2CCC3(CCNC3)CC2)c2c(C)noc2n1.Cl. The van der Waals surface area contributed by atoms with Gasteiger partial charge in [0.25, 0.3) is 11.6 Å². The van der Waals surface area contributed by atoms with Crippen molar-refractivity contribution in [3.05, 3.63) is 23.0 Å². The average molecular weight is 351 g/mol. The normalized spacial score (nSPS) is 19.7. The molecule has 0 aliphatic carbocycles. The zero-order chi connectivity index (χ0) is 16.0. The number of carbonyl (C=O) groups is 1. The van der Waals surface area contributed by atoms with Gasteiger partial charge in [-0.05, 0) is 51.1 Å². The predicted octanol–water partition coefficient (Wildman–Crippen LogP) is 2.48. The minimum atomic E-state index is 0. The molecule has 130 valence electrons. The molecular formula is C17H23ClN4O2. The molecule has 4 heterocycles. The molecule has 24 heavy (non-hydrogen) atoms. The molecular weight excluding hydrogens is 328 g/mol. The third kappa shape index (κ3) is 2.78. The maximum Gasteiger partial charge on any atom is 0.258 e. The highest BCUT2D eigenvalue weighted by atomic mass is 35.5. The molecule has 2 aliphatic heterocycles. The van der Waals surface area contributed by atoms with Crippen LogP contribution in [0.3, 0.4) is 0 Å². The number of nitrogens with one attached hydrogen (secondary N) is 1. The molecule has 1 spiro atoms. The van der Waals surface area contributed by atoms with Gasteiger partial charge in [0.15, 0.2) is 0 Å². The van der Waals surface area contributed by atoms with Gasteiger partial charge in [0.05, 0.1) is 16.6 Å². The molecule has 2 aliphatic rings. The minimum absolute atomic E-state index is 0. The molecule has 1 N–H and O–H groups in total. The number of aryl methyl sites for hydroxylation is 2. The highest BCUT2D eigenvalue weighted by Gasteiger charge is 2.38. The number of rotatable bonds is 1. The van der Waals surface area contributed by atoms with Crippen molar-refractivity contribution in [3.63, 3.8) is 0 Å². The second-order valence-electron chi connectivity index (χ2n) is 6.98. The molecule has 0 atom stereocenters. The molecule has 0 aromatic carbocycles. The van der Waals surface area contributed by atoms with Crippen molar-refractivity contribution in [2.24, 2.45) is 5.41 Å². The van der Waals surface area contributed by atoms with E-state index < -0.39 is 0 Å². The minimum Gasteiger partial charge on any atom is -0.339 e. The fourth-order valence-corrected chi connectivity index (χ4v) is 3.96. The standard InChI is InChI=1S/C17H22N4O2.ClH/c1-11-9-13(14-12(2)20-23-15(14)19-11)16(22)21-7-4-17(5-8-21)3-6-18-10-17;/h9,18H,3-8,10H2,1-2H3;1H. The van der Waals surface area contributed by atoms with Gasteiger partial charge in [-0.1, -0.05) is 5.16 Å². The maximum absolute atomic E-state index is 13.0. The van der Waals surface area contributed by atoms with Gasteiger partial charge in [-0.3, -0.25) is 4.79 Å². The summed E-state index contributed by atoms with van der Waals surface area (Å²) in [7, 11) is 0. The van der Waals surface area contributed by atoms with E-state index in [1.807, 2.05) is 24.8 Å². The van der Waals surface area contributed by atoms with E-state index in [-0.39, 0.29) is 18.3 Å². The lowest BCUT2D eigenvalue weighted by Crippen LogP contribution is -2.44. The summed E-state index contributed by atoms with van der Waals surface area (Å²) in [5.41, 5.74) is 3.05. The maximum atomic E-state index is 13.0. The van der Waals surface area contributed by atoms with E-state index in [0.717, 1.165) is 55.8 Å². The van der Waals surface area contributed by atoms with Gasteiger partial charge in [-0.2, -0.15) is 0 Å². The van der Waals surface area contributed by atoms with Crippen molar-refractivity contribution < 1.29 is 9.32 Å². The van der Waals surface area contributed by atoms with E-state index in [2.05, 4.69) is 15.5 Å². The lowest BCUT2D eigenvalue weighted by atomic mass is 9.77. The zero-order valence-electron chi connectivity index (χ0n) is 14.1. The Balaban J connectivity index is 0.00000169. The van der Waals surface area contributed by atoms with Crippen molar-refractivity contribution in [2.75, 3.05) is 26.2 Å². The Morgan fingerprint density at radius 3 is 2.71 bits per heavy atom. The van der Waals surface area contributed by atoms with Crippen LogP contribution in [0.1, 0.15) is 41.0 Å². The van der Waals surface area contributed by atoms with Gasteiger partial charge in [0, 0.05) is 25.3 Å². The first-order valence-corrected chi connectivity index (χ1v) is 8.32. The number of halogens is 1. The molecule has 2 saturated heterocycles. The van der Waals surface area contributed by atoms with Crippen LogP contribution in [-0.2, 0) is 0 Å². The van der Waals surface area contributed by atoms with Crippen molar-refractivity contribution in [1.82, 2.24) is 20.4 Å². The Morgan fingerprint density at radius 1 is 1.29 bits per heavy atom. The molecule has 2 aromatic rings. The highest BCUT2D eigenvalue weighted by molar-refractivity contribution is 6.06. The van der Waals surface area contributed by atoms with Gasteiger partial charge in [0.1, 0.15) is 0 Å². The molecule has 0 bridgehead atoms. The molecule has 0 radical (unpaired) electrons. The zero-order valence-corrected chi connectivity index (χ0v) is 14.9. The van der Waals surface area contributed by atoms with Crippen molar-refractivity contribution >= 4 is 29.4 Å². The Kier molecular flexibility index (Phi) is 4.53. The largest absolute Gasteiger partial charge is 0.339 e. The summed E-state index contributed by atoms with van der Waals surface area (Å²) >= 11 is 0. The summed E-state index contributed by atoms with van der Waals surface area (Å²) in [6.07, 6.45) is 3.40. The van der Waals surface area contributed by atoms with Crippen molar-refractivity contribution in [1.29, 1.82) is 0 Å². The van der Waals surface area contributed by atoms with E-state index in [0.29, 0.717) is 16.7 Å². The lowest BCUT2D eigenvalue weighted by Gasteiger charge is -2.39. The first-order valence-electron chi connectivity index (χ1n) is 8.32. The Morgan fingerprint density at radius 2 is 2.04 bits per heavy atom. The third-order valence-electron chi connectivity index (χ3n) is 5.42. The molecule has 6 nitrogen and oxygen atoms in total. The van der Waals surface area contributed by atoms with E-state index in [1.54, 1.807) is 0 Å². The molecule has 0 saturated carbocycles. The third-order valence-corrected chi connectivity index (χ3v) is 5.42. The monoisotopic (exact) mass is 350 g/mol. The van der Waals surface area contributed by atoms with Gasteiger partial charge in [0.2, 0.25) is 0 Å². The Labute approximate surface area is 147 Å². The number of nitrogens with zero attached hydrogens (tertiary/aromatic N) is 3. The summed E-state index contributed by atoms with van der Waals surface area (Å²) in [5, 5.41) is 8.18. The summed E-state index contributed by atoms with van der Waals surface area (Å²) < 4.78 is 5.24. The smallest absolute Gasteiger partial charge is 0.258 e. The number of likely N-dealkylation sites (tertiary alicyclic amines) is 1. The van der Waals surface area contributed by atoms with Crippen LogP contribution in [0.2, 0.25) is 0 Å². The first kappa shape index (κ1) is 17.2. The molecule has 2 fully saturated rings. The predicted molar refractivity (Wildman–Crippen MR) is 93.6 cm³/mol. The topological polar surface area (TPSA) is 71.3 Å². The number of amides is 1. The van der Waals surface area contributed by atoms with Crippen LogP contribution in [0.15, 0.2) is 10.6 Å². The second-order valence-corrected chi connectivity index (χ2v) is 6.98. The van der Waals surface area contributed by atoms with Crippen LogP contribution in [0, 0.1) is 19.3 Å².